The molecule has 6 fully saturated rings. The predicted molar refractivity (Wildman–Crippen MR) is 272 cm³/mol. The minimum Gasteiger partial charge on any atom is -0.415 e. The van der Waals surface area contributed by atoms with E-state index in [2.05, 4.69) is 163 Å². The molecule has 0 aliphatic carbocycles. The van der Waals surface area contributed by atoms with E-state index in [-0.39, 0.29) is 0 Å². The van der Waals surface area contributed by atoms with E-state index in [9.17, 15) is 0 Å². The van der Waals surface area contributed by atoms with Crippen LogP contribution in [0.15, 0.2) is 60.3 Å². The Morgan fingerprint density at radius 2 is 0.629 bits per heavy atom. The Labute approximate surface area is 385 Å². The molecule has 62 heavy (non-hydrogen) atoms. The third kappa shape index (κ3) is 11.3. The van der Waals surface area contributed by atoms with Gasteiger partial charge in [0.15, 0.2) is 0 Å². The molecule has 8 nitrogen and oxygen atoms in total. The maximum absolute atomic E-state index is 8.47. The Kier molecular flexibility index (Phi) is 14.8. The largest absolute Gasteiger partial charge is 0.415 e. The molecule has 0 N–H and O–H groups in total. The van der Waals surface area contributed by atoms with Crippen LogP contribution in [0.4, 0.5) is 0 Å². The van der Waals surface area contributed by atoms with Gasteiger partial charge in [0.05, 0.1) is 0 Å². The first-order valence-corrected chi connectivity index (χ1v) is 42.1. The fraction of sp³-hybridized carbons (Fsp3) is 0.696. The Morgan fingerprint density at radius 1 is 0.355 bits per heavy atom. The van der Waals surface area contributed by atoms with Gasteiger partial charge in [-0.15, -0.1) is 0 Å². The average molecular weight is 988 g/mol. The van der Waals surface area contributed by atoms with Crippen molar-refractivity contribution in [3.05, 3.63) is 65.9 Å². The highest BCUT2D eigenvalue weighted by Crippen LogP contribution is 2.59. The van der Waals surface area contributed by atoms with Gasteiger partial charge >= 0.3 is 68.5 Å². The van der Waals surface area contributed by atoms with E-state index >= 15 is 0 Å². The SMILES string of the molecule is CC(C)C[Si]12C[Si]3(CC(C)C)O[Si]4(CC(C)C)C[Si]5(CC(C)C)O[Si](CC(C)C)(C[Si](C=Cc6ccc(-c7ccccc7)cc6)(O1)O4)O[Si](CC(C)C)(C[Si](CC(C)C)(O3)O5)O2. The summed E-state index contributed by atoms with van der Waals surface area (Å²) in [4.78, 5) is 0. The first kappa shape index (κ1) is 49.5. The zero-order valence-electron chi connectivity index (χ0n) is 40.9. The molecule has 0 radical (unpaired) electrons. The van der Waals surface area contributed by atoms with Crippen LogP contribution in [0.3, 0.4) is 0 Å². The second-order valence-corrected chi connectivity index (χ2v) is 53.0. The van der Waals surface area contributed by atoms with Crippen LogP contribution in [0.2, 0.25) is 65.0 Å². The molecule has 6 aliphatic rings. The summed E-state index contributed by atoms with van der Waals surface area (Å²) in [7, 11) is -25.7. The van der Waals surface area contributed by atoms with Crippen molar-refractivity contribution in [2.45, 2.75) is 162 Å². The molecule has 2 aromatic carbocycles. The zero-order chi connectivity index (χ0) is 45.0. The number of rotatable bonds is 17. The van der Waals surface area contributed by atoms with Crippen molar-refractivity contribution >= 4 is 74.6 Å². The van der Waals surface area contributed by atoms with Crippen LogP contribution >= 0.6 is 0 Å². The first-order valence-electron chi connectivity index (χ1n) is 24.4. The molecule has 0 spiro atoms. The molecule has 346 valence electrons. The van der Waals surface area contributed by atoms with Crippen LogP contribution in [0.25, 0.3) is 17.2 Å². The number of hydrogen-bond acceptors (Lipinski definition) is 8. The van der Waals surface area contributed by atoms with Crippen molar-refractivity contribution in [2.75, 3.05) is 0 Å². The van der Waals surface area contributed by atoms with Crippen molar-refractivity contribution in [1.29, 1.82) is 0 Å². The monoisotopic (exact) mass is 986 g/mol. The van der Waals surface area contributed by atoms with Crippen LogP contribution in [-0.2, 0) is 32.9 Å². The summed E-state index contributed by atoms with van der Waals surface area (Å²) in [5, 5.41) is 0. The second kappa shape index (κ2) is 18.6. The maximum Gasteiger partial charge on any atom is 0.349 e. The highest BCUT2D eigenvalue weighted by molar-refractivity contribution is 7.14. The number of benzene rings is 2. The van der Waals surface area contributed by atoms with Crippen LogP contribution in [-0.4, -0.2) is 68.5 Å². The maximum atomic E-state index is 8.47. The molecule has 0 saturated carbocycles. The third-order valence-electron chi connectivity index (χ3n) is 12.7. The zero-order valence-corrected chi connectivity index (χ0v) is 48.9. The van der Waals surface area contributed by atoms with Crippen LogP contribution in [0, 0.1) is 41.4 Å². The molecule has 0 amide bonds. The van der Waals surface area contributed by atoms with E-state index in [4.69, 9.17) is 32.9 Å². The number of hydrogen-bond donors (Lipinski definition) is 0. The van der Waals surface area contributed by atoms with E-state index in [1.54, 1.807) is 0 Å². The average Bonchev–Trinajstić information content (AvgIpc) is 3.05. The fourth-order valence-electron chi connectivity index (χ4n) is 12.2. The van der Waals surface area contributed by atoms with Crippen molar-refractivity contribution in [2.24, 2.45) is 41.4 Å². The topological polar surface area (TPSA) is 73.8 Å². The molecule has 2 aromatic rings. The first-order chi connectivity index (χ1) is 28.9. The molecule has 6 saturated heterocycles. The Morgan fingerprint density at radius 3 is 0.935 bits per heavy atom. The van der Waals surface area contributed by atoms with Gasteiger partial charge in [-0.2, -0.15) is 0 Å². The highest BCUT2D eigenvalue weighted by atomic mass is 28.6. The summed E-state index contributed by atoms with van der Waals surface area (Å²) < 4.78 is 67.4. The highest BCUT2D eigenvalue weighted by Gasteiger charge is 2.78. The second-order valence-electron chi connectivity index (χ2n) is 23.2. The van der Waals surface area contributed by atoms with Gasteiger partial charge in [-0.1, -0.05) is 158 Å². The lowest BCUT2D eigenvalue weighted by Gasteiger charge is -2.66. The van der Waals surface area contributed by atoms with Gasteiger partial charge in [-0.05, 0) is 106 Å². The van der Waals surface area contributed by atoms with Gasteiger partial charge < -0.3 is 32.9 Å². The third-order valence-corrected chi connectivity index (χ3v) is 64.1. The fourth-order valence-corrected chi connectivity index (χ4v) is 84.6. The smallest absolute Gasteiger partial charge is 0.349 e. The van der Waals surface area contributed by atoms with Crippen molar-refractivity contribution < 1.29 is 32.9 Å². The lowest BCUT2D eigenvalue weighted by molar-refractivity contribution is 0.160. The van der Waals surface area contributed by atoms with Crippen LogP contribution in [0.1, 0.15) is 102 Å². The summed E-state index contributed by atoms with van der Waals surface area (Å²) in [5.41, 5.74) is 9.02. The van der Waals surface area contributed by atoms with Crippen LogP contribution < -0.4 is 0 Å². The molecule has 8 unspecified atom stereocenters. The van der Waals surface area contributed by atoms with Crippen molar-refractivity contribution in [3.63, 3.8) is 0 Å². The summed E-state index contributed by atoms with van der Waals surface area (Å²) in [5.74, 6) is 2.56. The van der Waals surface area contributed by atoms with E-state index < -0.39 is 68.5 Å². The summed E-state index contributed by atoms with van der Waals surface area (Å²) in [6.45, 7) is 33.0. The molecule has 6 heterocycles. The van der Waals surface area contributed by atoms with Gasteiger partial charge in [-0.25, -0.2) is 0 Å². The molecule has 0 aromatic heterocycles. The molecular formula is C46H82O8Si8. The van der Waals surface area contributed by atoms with E-state index in [0.29, 0.717) is 47.1 Å². The Hall–Kier alpha value is -0.405. The minimum absolute atomic E-state index is 0.352. The summed E-state index contributed by atoms with van der Waals surface area (Å²) in [6.07, 6.45) is 2.31. The predicted octanol–water partition coefficient (Wildman–Crippen LogP) is 13.4. The molecule has 16 heteroatoms. The lowest BCUT2D eigenvalue weighted by atomic mass is 10.0. The Bertz CT molecular complexity index is 1710. The summed E-state index contributed by atoms with van der Waals surface area (Å²) in [6, 6.07) is 25.8. The van der Waals surface area contributed by atoms with Crippen molar-refractivity contribution in [1.82, 2.24) is 0 Å². The molecule has 6 aliphatic heterocycles. The van der Waals surface area contributed by atoms with Crippen LogP contribution in [0.5, 0.6) is 0 Å². The van der Waals surface area contributed by atoms with Gasteiger partial charge in [0.2, 0.25) is 0 Å². The standard InChI is InChI=1S/C46H82O8Si8/c1-37(2)26-56-33-55(25-24-44-20-22-46(23-21-44)45-18-16-15-17-19-45)47-57(27-38(3)4)34-59(49-56,29-40(7)8)53-62(32-43(13)14)36-61(50-56,31-42(11)12)52-58(48-55,28-39(5)6)35-60(51-57,54-62)30-41(9)10/h15-25,37-43H,26-36H2,1-14H3. The van der Waals surface area contributed by atoms with E-state index in [1.807, 2.05) is 0 Å². The van der Waals surface area contributed by atoms with Gasteiger partial charge in [-0.3, -0.25) is 0 Å². The van der Waals surface area contributed by atoms with Gasteiger partial charge in [0.25, 0.3) is 0 Å². The van der Waals surface area contributed by atoms with Gasteiger partial charge in [0, 0.05) is 22.7 Å². The molecule has 8 atom stereocenters. The van der Waals surface area contributed by atoms with Crippen molar-refractivity contribution in [3.8, 4) is 11.1 Å². The Balaban J connectivity index is 1.55. The normalized spacial score (nSPS) is 37.0. The lowest BCUT2D eigenvalue weighted by Crippen LogP contribution is -2.85. The molecule has 8 bridgehead atoms. The molecular weight excluding hydrogens is 905 g/mol. The van der Waals surface area contributed by atoms with E-state index in [0.717, 1.165) is 64.9 Å². The summed E-state index contributed by atoms with van der Waals surface area (Å²) >= 11 is 0. The molecule has 8 rings (SSSR count). The van der Waals surface area contributed by atoms with E-state index in [1.165, 1.54) is 11.1 Å². The minimum atomic E-state index is -3.42. The van der Waals surface area contributed by atoms with Gasteiger partial charge in [0.1, 0.15) is 0 Å². The quantitative estimate of drug-likeness (QED) is 0.145.